The van der Waals surface area contributed by atoms with Gasteiger partial charge in [0.2, 0.25) is 0 Å². The summed E-state index contributed by atoms with van der Waals surface area (Å²) in [5.41, 5.74) is 1.18. The molecule has 4 nitrogen and oxygen atoms in total. The SMILES string of the molecule is Cc1cc(C(=O)NCc2ccc(C#CCO)s2)ccc1O. The summed E-state index contributed by atoms with van der Waals surface area (Å²) in [7, 11) is 0. The summed E-state index contributed by atoms with van der Waals surface area (Å²) in [6, 6.07) is 8.51. The van der Waals surface area contributed by atoms with E-state index in [-0.39, 0.29) is 18.3 Å². The van der Waals surface area contributed by atoms with E-state index in [2.05, 4.69) is 17.2 Å². The molecule has 0 saturated carbocycles. The molecule has 0 spiro atoms. The number of rotatable bonds is 3. The Bertz CT molecular complexity index is 710. The number of amides is 1. The maximum absolute atomic E-state index is 12.0. The van der Waals surface area contributed by atoms with Gasteiger partial charge in [-0.05, 0) is 42.8 Å². The molecule has 2 rings (SSSR count). The van der Waals surface area contributed by atoms with Crippen molar-refractivity contribution in [2.24, 2.45) is 0 Å². The summed E-state index contributed by atoms with van der Waals surface area (Å²) in [6.45, 7) is 2.01. The number of hydrogen-bond donors (Lipinski definition) is 3. The number of nitrogens with one attached hydrogen (secondary N) is 1. The molecule has 0 aliphatic rings. The Labute approximate surface area is 127 Å². The highest BCUT2D eigenvalue weighted by molar-refractivity contribution is 7.12. The van der Waals surface area contributed by atoms with Crippen LogP contribution in [0.3, 0.4) is 0 Å². The van der Waals surface area contributed by atoms with E-state index in [0.29, 0.717) is 17.7 Å². The van der Waals surface area contributed by atoms with Crippen LogP contribution in [0.1, 0.15) is 25.7 Å². The Morgan fingerprint density at radius 2 is 2.14 bits per heavy atom. The van der Waals surface area contributed by atoms with Gasteiger partial charge >= 0.3 is 0 Å². The van der Waals surface area contributed by atoms with E-state index in [1.165, 1.54) is 17.4 Å². The predicted octanol–water partition coefficient (Wildman–Crippen LogP) is 2.04. The molecule has 0 aliphatic carbocycles. The Morgan fingerprint density at radius 1 is 1.33 bits per heavy atom. The molecule has 3 N–H and O–H groups in total. The van der Waals surface area contributed by atoms with Gasteiger partial charge in [-0.3, -0.25) is 4.79 Å². The Hall–Kier alpha value is -2.29. The highest BCUT2D eigenvalue weighted by Gasteiger charge is 2.08. The Balaban J connectivity index is 1.97. The van der Waals surface area contributed by atoms with Gasteiger partial charge in [0.15, 0.2) is 0 Å². The van der Waals surface area contributed by atoms with Crippen molar-refractivity contribution in [3.05, 3.63) is 51.2 Å². The average Bonchev–Trinajstić information content (AvgIpc) is 2.93. The molecule has 0 fully saturated rings. The van der Waals surface area contributed by atoms with Gasteiger partial charge in [0.05, 0.1) is 11.4 Å². The van der Waals surface area contributed by atoms with Gasteiger partial charge < -0.3 is 15.5 Å². The molecule has 0 aliphatic heterocycles. The normalized spacial score (nSPS) is 9.81. The van der Waals surface area contributed by atoms with Gasteiger partial charge in [-0.2, -0.15) is 0 Å². The van der Waals surface area contributed by atoms with Crippen LogP contribution >= 0.6 is 11.3 Å². The number of aryl methyl sites for hydroxylation is 1. The van der Waals surface area contributed by atoms with E-state index in [1.54, 1.807) is 19.1 Å². The number of carbonyl (C=O) groups excluding carboxylic acids is 1. The van der Waals surface area contributed by atoms with Crippen LogP contribution in [0.15, 0.2) is 30.3 Å². The van der Waals surface area contributed by atoms with Crippen LogP contribution in [0, 0.1) is 18.8 Å². The average molecular weight is 301 g/mol. The van der Waals surface area contributed by atoms with Crippen molar-refractivity contribution < 1.29 is 15.0 Å². The molecule has 2 aromatic rings. The van der Waals surface area contributed by atoms with E-state index < -0.39 is 0 Å². The molecular formula is C16H15NO3S. The zero-order chi connectivity index (χ0) is 15.2. The quantitative estimate of drug-likeness (QED) is 0.760. The van der Waals surface area contributed by atoms with Crippen molar-refractivity contribution in [2.75, 3.05) is 6.61 Å². The highest BCUT2D eigenvalue weighted by Crippen LogP contribution is 2.18. The minimum atomic E-state index is -0.186. The van der Waals surface area contributed by atoms with Gasteiger partial charge in [-0.25, -0.2) is 0 Å². The van der Waals surface area contributed by atoms with E-state index in [0.717, 1.165) is 9.75 Å². The van der Waals surface area contributed by atoms with Crippen LogP contribution in [0.2, 0.25) is 0 Å². The summed E-state index contributed by atoms with van der Waals surface area (Å²) in [6.07, 6.45) is 0. The first kappa shape index (κ1) is 15.1. The summed E-state index contributed by atoms with van der Waals surface area (Å²) >= 11 is 1.48. The van der Waals surface area contributed by atoms with Gasteiger partial charge in [0.25, 0.3) is 5.91 Å². The maximum atomic E-state index is 12.0. The smallest absolute Gasteiger partial charge is 0.251 e. The molecule has 0 saturated heterocycles. The van der Waals surface area contributed by atoms with Crippen LogP contribution in [0.4, 0.5) is 0 Å². The van der Waals surface area contributed by atoms with Crippen molar-refractivity contribution in [3.8, 4) is 17.6 Å². The van der Waals surface area contributed by atoms with E-state index in [1.807, 2.05) is 12.1 Å². The lowest BCUT2D eigenvalue weighted by molar-refractivity contribution is 0.0951. The summed E-state index contributed by atoms with van der Waals surface area (Å²) in [4.78, 5) is 13.9. The lowest BCUT2D eigenvalue weighted by Gasteiger charge is -2.05. The second-order valence-corrected chi connectivity index (χ2v) is 5.58. The van der Waals surface area contributed by atoms with Gasteiger partial charge in [-0.15, -0.1) is 11.3 Å². The number of aliphatic hydroxyl groups is 1. The number of carbonyl (C=O) groups is 1. The summed E-state index contributed by atoms with van der Waals surface area (Å²) in [5.74, 6) is 5.40. The van der Waals surface area contributed by atoms with Crippen LogP contribution in [-0.4, -0.2) is 22.7 Å². The second kappa shape index (κ2) is 6.93. The fraction of sp³-hybridized carbons (Fsp3) is 0.188. The van der Waals surface area contributed by atoms with Crippen molar-refractivity contribution in [2.45, 2.75) is 13.5 Å². The van der Waals surface area contributed by atoms with Gasteiger partial charge in [-0.1, -0.05) is 11.8 Å². The second-order valence-electron chi connectivity index (χ2n) is 4.41. The zero-order valence-electron chi connectivity index (χ0n) is 11.5. The molecule has 5 heteroatoms. The Morgan fingerprint density at radius 3 is 2.86 bits per heavy atom. The highest BCUT2D eigenvalue weighted by atomic mass is 32.1. The first-order valence-corrected chi connectivity index (χ1v) is 7.18. The van der Waals surface area contributed by atoms with E-state index in [9.17, 15) is 9.90 Å². The van der Waals surface area contributed by atoms with Crippen LogP contribution in [0.25, 0.3) is 0 Å². The summed E-state index contributed by atoms with van der Waals surface area (Å²) < 4.78 is 0. The van der Waals surface area contributed by atoms with Crippen LogP contribution in [0.5, 0.6) is 5.75 Å². The largest absolute Gasteiger partial charge is 0.508 e. The number of thiophene rings is 1. The van der Waals surface area contributed by atoms with Crippen molar-refractivity contribution in [1.29, 1.82) is 0 Å². The Kier molecular flexibility index (Phi) is 4.99. The standard InChI is InChI=1S/C16H15NO3S/c1-11-9-12(4-7-15(11)19)16(20)17-10-14-6-5-13(21-14)3-2-8-18/h4-7,9,18-19H,8,10H2,1H3,(H,17,20). The van der Waals surface area contributed by atoms with Crippen LogP contribution < -0.4 is 5.32 Å². The molecule has 108 valence electrons. The lowest BCUT2D eigenvalue weighted by atomic mass is 10.1. The number of phenols is 1. The minimum Gasteiger partial charge on any atom is -0.508 e. The lowest BCUT2D eigenvalue weighted by Crippen LogP contribution is -2.22. The molecule has 1 aromatic carbocycles. The van der Waals surface area contributed by atoms with Gasteiger partial charge in [0, 0.05) is 10.4 Å². The zero-order valence-corrected chi connectivity index (χ0v) is 12.3. The number of benzene rings is 1. The van der Waals surface area contributed by atoms with Crippen molar-refractivity contribution >= 4 is 17.2 Å². The minimum absolute atomic E-state index is 0.163. The fourth-order valence-electron chi connectivity index (χ4n) is 1.73. The maximum Gasteiger partial charge on any atom is 0.251 e. The molecule has 0 radical (unpaired) electrons. The molecule has 21 heavy (non-hydrogen) atoms. The third-order valence-corrected chi connectivity index (χ3v) is 3.84. The first-order chi connectivity index (χ1) is 10.1. The third-order valence-electron chi connectivity index (χ3n) is 2.83. The molecule has 1 amide bonds. The van der Waals surface area contributed by atoms with E-state index >= 15 is 0 Å². The molecular weight excluding hydrogens is 286 g/mol. The first-order valence-electron chi connectivity index (χ1n) is 6.36. The fourth-order valence-corrected chi connectivity index (χ4v) is 2.56. The molecule has 0 unspecified atom stereocenters. The number of aromatic hydroxyl groups is 1. The molecule has 1 aromatic heterocycles. The number of hydrogen-bond acceptors (Lipinski definition) is 4. The molecule has 0 atom stereocenters. The predicted molar refractivity (Wildman–Crippen MR) is 82.3 cm³/mol. The third kappa shape index (κ3) is 4.09. The van der Waals surface area contributed by atoms with E-state index in [4.69, 9.17) is 5.11 Å². The number of phenolic OH excluding ortho intramolecular Hbond substituents is 1. The summed E-state index contributed by atoms with van der Waals surface area (Å²) in [5, 5.41) is 20.9. The molecule has 0 bridgehead atoms. The monoisotopic (exact) mass is 301 g/mol. The molecule has 1 heterocycles. The topological polar surface area (TPSA) is 69.6 Å². The van der Waals surface area contributed by atoms with Crippen molar-refractivity contribution in [1.82, 2.24) is 5.32 Å². The van der Waals surface area contributed by atoms with Crippen molar-refractivity contribution in [3.63, 3.8) is 0 Å². The number of aliphatic hydroxyl groups excluding tert-OH is 1. The van der Waals surface area contributed by atoms with Crippen LogP contribution in [-0.2, 0) is 6.54 Å². The van der Waals surface area contributed by atoms with Gasteiger partial charge in [0.1, 0.15) is 12.4 Å².